The van der Waals surface area contributed by atoms with Crippen molar-refractivity contribution in [2.24, 2.45) is 0 Å². The van der Waals surface area contributed by atoms with E-state index in [4.69, 9.17) is 0 Å². The molecule has 0 spiro atoms. The Balaban J connectivity index is 1.56. The van der Waals surface area contributed by atoms with E-state index in [1.165, 1.54) is 80.2 Å². The van der Waals surface area contributed by atoms with Gasteiger partial charge < -0.3 is 4.90 Å². The lowest BCUT2D eigenvalue weighted by atomic mass is 9.91. The number of aromatic nitrogens is 1. The molecule has 2 aromatic rings. The molecule has 1 fully saturated rings. The van der Waals surface area contributed by atoms with Crippen LogP contribution in [0.5, 0.6) is 0 Å². The van der Waals surface area contributed by atoms with Crippen LogP contribution in [0.2, 0.25) is 0 Å². The first-order chi connectivity index (χ1) is 11.8. The molecular formula is C22H32N2. The molecule has 2 heterocycles. The van der Waals surface area contributed by atoms with Crippen LogP contribution in [0.25, 0.3) is 10.9 Å². The van der Waals surface area contributed by atoms with Gasteiger partial charge in [-0.3, -0.25) is 4.98 Å². The molecular weight excluding hydrogens is 292 g/mol. The summed E-state index contributed by atoms with van der Waals surface area (Å²) in [6, 6.07) is 8.95. The van der Waals surface area contributed by atoms with Gasteiger partial charge in [-0.2, -0.15) is 0 Å². The summed E-state index contributed by atoms with van der Waals surface area (Å²) in [7, 11) is 0. The number of likely N-dealkylation sites (tertiary alicyclic amines) is 1. The zero-order valence-electron chi connectivity index (χ0n) is 15.4. The molecule has 0 radical (unpaired) electrons. The highest BCUT2D eigenvalue weighted by Crippen LogP contribution is 2.29. The van der Waals surface area contributed by atoms with Gasteiger partial charge in [0.25, 0.3) is 0 Å². The molecule has 0 amide bonds. The van der Waals surface area contributed by atoms with E-state index in [0.29, 0.717) is 5.92 Å². The van der Waals surface area contributed by atoms with E-state index >= 15 is 0 Å². The molecule has 1 aliphatic rings. The molecule has 1 unspecified atom stereocenters. The van der Waals surface area contributed by atoms with Crippen LogP contribution < -0.4 is 0 Å². The molecule has 1 aromatic carbocycles. The van der Waals surface area contributed by atoms with E-state index in [-0.39, 0.29) is 0 Å². The number of benzene rings is 1. The summed E-state index contributed by atoms with van der Waals surface area (Å²) in [5.74, 6) is 0.598. The van der Waals surface area contributed by atoms with Crippen molar-refractivity contribution < 1.29 is 0 Å². The van der Waals surface area contributed by atoms with Crippen molar-refractivity contribution in [3.63, 3.8) is 0 Å². The topological polar surface area (TPSA) is 16.1 Å². The highest BCUT2D eigenvalue weighted by Gasteiger charge is 2.13. The number of rotatable bonds is 8. The number of fused-ring (bicyclic) bond motifs is 1. The molecule has 2 heteroatoms. The van der Waals surface area contributed by atoms with E-state index in [0.717, 1.165) is 6.42 Å². The van der Waals surface area contributed by atoms with Crippen molar-refractivity contribution in [2.45, 2.75) is 64.7 Å². The molecule has 1 aliphatic heterocycles. The summed E-state index contributed by atoms with van der Waals surface area (Å²) in [4.78, 5) is 7.30. The average molecular weight is 325 g/mol. The number of hydrogen-bond acceptors (Lipinski definition) is 2. The van der Waals surface area contributed by atoms with Gasteiger partial charge in [0.15, 0.2) is 0 Å². The largest absolute Gasteiger partial charge is 0.303 e. The summed E-state index contributed by atoms with van der Waals surface area (Å²) in [5.41, 5.74) is 4.09. The highest BCUT2D eigenvalue weighted by atomic mass is 15.1. The first-order valence-electron chi connectivity index (χ1n) is 9.88. The maximum Gasteiger partial charge on any atom is 0.0736 e. The molecule has 24 heavy (non-hydrogen) atoms. The van der Waals surface area contributed by atoms with E-state index < -0.39 is 0 Å². The van der Waals surface area contributed by atoms with Gasteiger partial charge >= 0.3 is 0 Å². The van der Waals surface area contributed by atoms with Crippen LogP contribution in [0.1, 0.15) is 69.4 Å². The van der Waals surface area contributed by atoms with Gasteiger partial charge in [0.05, 0.1) is 5.52 Å². The lowest BCUT2D eigenvalue weighted by Gasteiger charge is -2.17. The Labute approximate surface area is 147 Å². The second kappa shape index (κ2) is 8.62. The van der Waals surface area contributed by atoms with Crippen molar-refractivity contribution in [1.82, 2.24) is 9.88 Å². The zero-order chi connectivity index (χ0) is 16.8. The lowest BCUT2D eigenvalue weighted by molar-refractivity contribution is 0.327. The monoisotopic (exact) mass is 324 g/mol. The summed E-state index contributed by atoms with van der Waals surface area (Å²) >= 11 is 0. The molecule has 1 atom stereocenters. The molecule has 0 saturated carbocycles. The van der Waals surface area contributed by atoms with Crippen LogP contribution in [-0.4, -0.2) is 29.5 Å². The number of nitrogens with zero attached hydrogens (tertiary/aromatic N) is 2. The Kier molecular flexibility index (Phi) is 6.25. The van der Waals surface area contributed by atoms with Crippen LogP contribution in [0, 0.1) is 0 Å². The average Bonchev–Trinajstić information content (AvgIpc) is 3.13. The first-order valence-corrected chi connectivity index (χ1v) is 9.88. The number of unbranched alkanes of at least 4 members (excludes halogenated alkanes) is 2. The molecule has 0 aliphatic carbocycles. The fourth-order valence-electron chi connectivity index (χ4n) is 3.99. The van der Waals surface area contributed by atoms with Gasteiger partial charge in [-0.15, -0.1) is 0 Å². The number of aryl methyl sites for hydroxylation is 1. The highest BCUT2D eigenvalue weighted by molar-refractivity contribution is 5.83. The molecule has 0 bridgehead atoms. The number of pyridine rings is 1. The van der Waals surface area contributed by atoms with Crippen LogP contribution in [-0.2, 0) is 6.42 Å². The molecule has 1 aromatic heterocycles. The Morgan fingerprint density at radius 3 is 2.75 bits per heavy atom. The summed E-state index contributed by atoms with van der Waals surface area (Å²) in [5, 5.41) is 1.30. The zero-order valence-corrected chi connectivity index (χ0v) is 15.4. The first kappa shape index (κ1) is 17.4. The van der Waals surface area contributed by atoms with Crippen molar-refractivity contribution in [3.05, 3.63) is 41.6 Å². The Morgan fingerprint density at radius 1 is 1.12 bits per heavy atom. The SMILES string of the molecule is CCc1cc(C(C)CCCCCN2CCCC2)c2ncccc2c1. The van der Waals surface area contributed by atoms with E-state index in [1.807, 2.05) is 6.20 Å². The second-order valence-corrected chi connectivity index (χ2v) is 7.41. The summed E-state index contributed by atoms with van der Waals surface area (Å²) in [6.45, 7) is 8.59. The minimum atomic E-state index is 0.598. The molecule has 1 saturated heterocycles. The third kappa shape index (κ3) is 4.36. The predicted molar refractivity (Wildman–Crippen MR) is 104 cm³/mol. The third-order valence-electron chi connectivity index (χ3n) is 5.54. The van der Waals surface area contributed by atoms with Gasteiger partial charge in [0.2, 0.25) is 0 Å². The molecule has 0 N–H and O–H groups in total. The van der Waals surface area contributed by atoms with E-state index in [9.17, 15) is 0 Å². The van der Waals surface area contributed by atoms with Crippen molar-refractivity contribution in [2.75, 3.05) is 19.6 Å². The van der Waals surface area contributed by atoms with Crippen LogP contribution in [0.4, 0.5) is 0 Å². The smallest absolute Gasteiger partial charge is 0.0736 e. The maximum atomic E-state index is 4.67. The minimum Gasteiger partial charge on any atom is -0.303 e. The standard InChI is InChI=1S/C22H32N2/c1-3-19-16-20-11-9-12-23-22(20)21(17-19)18(2)10-5-4-6-13-24-14-7-8-15-24/h9,11-12,16-18H,3-8,10,13-15H2,1-2H3. The Bertz CT molecular complexity index is 643. The summed E-state index contributed by atoms with van der Waals surface area (Å²) in [6.07, 6.45) is 11.2. The number of hydrogen-bond donors (Lipinski definition) is 0. The fourth-order valence-corrected chi connectivity index (χ4v) is 3.99. The van der Waals surface area contributed by atoms with Crippen LogP contribution >= 0.6 is 0 Å². The van der Waals surface area contributed by atoms with Crippen molar-refractivity contribution in [1.29, 1.82) is 0 Å². The van der Waals surface area contributed by atoms with E-state index in [1.54, 1.807) is 0 Å². The molecule has 3 rings (SSSR count). The Morgan fingerprint density at radius 2 is 1.96 bits per heavy atom. The van der Waals surface area contributed by atoms with Crippen molar-refractivity contribution >= 4 is 10.9 Å². The van der Waals surface area contributed by atoms with Gasteiger partial charge in [-0.25, -0.2) is 0 Å². The molecule has 2 nitrogen and oxygen atoms in total. The minimum absolute atomic E-state index is 0.598. The predicted octanol–water partition coefficient (Wildman–Crippen LogP) is 5.56. The van der Waals surface area contributed by atoms with Gasteiger partial charge in [0.1, 0.15) is 0 Å². The quantitative estimate of drug-likeness (QED) is 0.591. The normalized spacial score (nSPS) is 16.8. The van der Waals surface area contributed by atoms with Gasteiger partial charge in [-0.05, 0) is 80.9 Å². The van der Waals surface area contributed by atoms with Gasteiger partial charge in [-0.1, -0.05) is 38.8 Å². The maximum absolute atomic E-state index is 4.67. The van der Waals surface area contributed by atoms with Crippen molar-refractivity contribution in [3.8, 4) is 0 Å². The summed E-state index contributed by atoms with van der Waals surface area (Å²) < 4.78 is 0. The second-order valence-electron chi connectivity index (χ2n) is 7.41. The molecule has 130 valence electrons. The van der Waals surface area contributed by atoms with Crippen LogP contribution in [0.15, 0.2) is 30.5 Å². The lowest BCUT2D eigenvalue weighted by Crippen LogP contribution is -2.20. The fraction of sp³-hybridized carbons (Fsp3) is 0.591. The van der Waals surface area contributed by atoms with Gasteiger partial charge in [0, 0.05) is 11.6 Å². The Hall–Kier alpha value is -1.41. The third-order valence-corrected chi connectivity index (χ3v) is 5.54. The van der Waals surface area contributed by atoms with Crippen LogP contribution in [0.3, 0.4) is 0 Å². The van der Waals surface area contributed by atoms with E-state index in [2.05, 4.69) is 48.0 Å².